The Morgan fingerprint density at radius 2 is 1.56 bits per heavy atom. The van der Waals surface area contributed by atoms with Crippen LogP contribution in [0.4, 0.5) is 0 Å². The van der Waals surface area contributed by atoms with E-state index in [4.69, 9.17) is 0 Å². The Bertz CT molecular complexity index is 1120. The van der Waals surface area contributed by atoms with E-state index in [0.717, 1.165) is 16.9 Å². The Morgan fingerprint density at radius 1 is 0.912 bits per heavy atom. The van der Waals surface area contributed by atoms with Crippen LogP contribution in [0.1, 0.15) is 54.0 Å². The second-order valence-corrected chi connectivity index (χ2v) is 11.6. The van der Waals surface area contributed by atoms with E-state index < -0.39 is 5.54 Å². The first kappa shape index (κ1) is 24.2. The topological polar surface area (TPSA) is 40.6 Å². The Balaban J connectivity index is 1.51. The molecule has 2 unspecified atom stereocenters. The lowest BCUT2D eigenvalue weighted by atomic mass is 10.0. The molecule has 1 fully saturated rings. The molecule has 1 aliphatic rings. The van der Waals surface area contributed by atoms with E-state index in [0.29, 0.717) is 13.1 Å². The molecule has 178 valence electrons. The molecule has 1 heterocycles. The van der Waals surface area contributed by atoms with Crippen molar-refractivity contribution in [2.24, 2.45) is 5.92 Å². The van der Waals surface area contributed by atoms with Crippen LogP contribution in [0.2, 0.25) is 0 Å². The second-order valence-electron chi connectivity index (χ2n) is 10.2. The fourth-order valence-corrected chi connectivity index (χ4v) is 5.32. The number of hydrogen-bond acceptors (Lipinski definition) is 3. The molecular formula is C29H34N2O2S. The van der Waals surface area contributed by atoms with Gasteiger partial charge >= 0.3 is 0 Å². The van der Waals surface area contributed by atoms with Gasteiger partial charge < -0.3 is 9.80 Å². The summed E-state index contributed by atoms with van der Waals surface area (Å²) >= 11 is 1.71. The minimum Gasteiger partial charge on any atom is -0.332 e. The molecule has 3 aromatic rings. The Hall–Kier alpha value is -2.92. The smallest absolute Gasteiger partial charge is 0.242 e. The summed E-state index contributed by atoms with van der Waals surface area (Å²) in [7, 11) is 0. The zero-order chi connectivity index (χ0) is 24.3. The fraction of sp³-hybridized carbons (Fsp3) is 0.379. The number of carbonyl (C=O) groups excluding carboxylic acids is 2. The molecule has 1 aromatic heterocycles. The Labute approximate surface area is 207 Å². The second kappa shape index (κ2) is 10.1. The number of hydrogen-bond donors (Lipinski definition) is 0. The maximum Gasteiger partial charge on any atom is 0.242 e. The van der Waals surface area contributed by atoms with Gasteiger partial charge in [0.2, 0.25) is 11.8 Å². The van der Waals surface area contributed by atoms with Crippen LogP contribution in [0.15, 0.2) is 72.8 Å². The molecule has 2 aromatic carbocycles. The molecule has 0 bridgehead atoms. The van der Waals surface area contributed by atoms with Crippen LogP contribution in [0, 0.1) is 12.8 Å². The van der Waals surface area contributed by atoms with Gasteiger partial charge in [0.15, 0.2) is 0 Å². The molecule has 4 nitrogen and oxygen atoms in total. The van der Waals surface area contributed by atoms with Gasteiger partial charge in [-0.15, -0.1) is 11.3 Å². The van der Waals surface area contributed by atoms with Gasteiger partial charge in [0.1, 0.15) is 6.54 Å². The summed E-state index contributed by atoms with van der Waals surface area (Å²) in [6, 6.07) is 24.5. The van der Waals surface area contributed by atoms with Crippen molar-refractivity contribution in [3.63, 3.8) is 0 Å². The Morgan fingerprint density at radius 3 is 2.15 bits per heavy atom. The summed E-state index contributed by atoms with van der Waals surface area (Å²) in [6.07, 6.45) is 0.853. The van der Waals surface area contributed by atoms with E-state index in [1.165, 1.54) is 10.4 Å². The highest BCUT2D eigenvalue weighted by molar-refractivity contribution is 7.11. The molecule has 1 aliphatic carbocycles. The Kier molecular flexibility index (Phi) is 7.22. The van der Waals surface area contributed by atoms with E-state index in [9.17, 15) is 9.59 Å². The third-order valence-corrected chi connectivity index (χ3v) is 7.40. The van der Waals surface area contributed by atoms with Crippen LogP contribution in [0.5, 0.6) is 0 Å². The van der Waals surface area contributed by atoms with Crippen LogP contribution in [-0.4, -0.2) is 33.7 Å². The zero-order valence-corrected chi connectivity index (χ0v) is 21.3. The average molecular weight is 475 g/mol. The fourth-order valence-electron chi connectivity index (χ4n) is 4.41. The van der Waals surface area contributed by atoms with E-state index in [2.05, 4.69) is 31.2 Å². The van der Waals surface area contributed by atoms with Crippen molar-refractivity contribution in [2.45, 2.75) is 58.7 Å². The van der Waals surface area contributed by atoms with E-state index in [1.807, 2.05) is 74.2 Å². The summed E-state index contributed by atoms with van der Waals surface area (Å²) in [5.74, 6) is 0.275. The standard InChI is InChI=1S/C29H34N2O2S/c1-21-15-16-24(34-21)19-30(18-22-11-7-5-8-12-22)27(32)20-31(29(2,3)4)28(33)26-17-25(26)23-13-9-6-10-14-23/h5-16,25-26H,17-20H2,1-4H3. The molecule has 34 heavy (non-hydrogen) atoms. The molecule has 0 N–H and O–H groups in total. The van der Waals surface area contributed by atoms with Crippen molar-refractivity contribution < 1.29 is 9.59 Å². The summed E-state index contributed by atoms with van der Waals surface area (Å²) < 4.78 is 0. The number of amides is 2. The molecule has 4 rings (SSSR count). The van der Waals surface area contributed by atoms with Crippen LogP contribution >= 0.6 is 11.3 Å². The number of nitrogens with zero attached hydrogens (tertiary/aromatic N) is 2. The molecule has 1 saturated carbocycles. The van der Waals surface area contributed by atoms with Crippen LogP contribution in [-0.2, 0) is 22.7 Å². The van der Waals surface area contributed by atoms with Crippen LogP contribution < -0.4 is 0 Å². The van der Waals surface area contributed by atoms with E-state index in [-0.39, 0.29) is 30.2 Å². The first-order chi connectivity index (χ1) is 16.2. The number of benzene rings is 2. The van der Waals surface area contributed by atoms with Gasteiger partial charge in [-0.25, -0.2) is 0 Å². The molecule has 0 radical (unpaired) electrons. The number of aryl methyl sites for hydroxylation is 1. The SMILES string of the molecule is Cc1ccc(CN(Cc2ccccc2)C(=O)CN(C(=O)C2CC2c2ccccc2)C(C)(C)C)s1. The molecule has 0 spiro atoms. The monoisotopic (exact) mass is 474 g/mol. The van der Waals surface area contributed by atoms with Crippen molar-refractivity contribution in [3.05, 3.63) is 93.7 Å². The average Bonchev–Trinajstić information content (AvgIpc) is 3.52. The summed E-state index contributed by atoms with van der Waals surface area (Å²) in [6.45, 7) is 9.30. The van der Waals surface area contributed by atoms with Crippen molar-refractivity contribution in [2.75, 3.05) is 6.54 Å². The minimum absolute atomic E-state index is 0.0184. The lowest BCUT2D eigenvalue weighted by Crippen LogP contribution is -2.51. The highest BCUT2D eigenvalue weighted by atomic mass is 32.1. The van der Waals surface area contributed by atoms with Crippen molar-refractivity contribution >= 4 is 23.2 Å². The quantitative estimate of drug-likeness (QED) is 0.401. The lowest BCUT2D eigenvalue weighted by molar-refractivity contribution is -0.146. The zero-order valence-electron chi connectivity index (χ0n) is 20.5. The van der Waals surface area contributed by atoms with Crippen molar-refractivity contribution in [3.8, 4) is 0 Å². The number of thiophene rings is 1. The van der Waals surface area contributed by atoms with Gasteiger partial charge in [-0.3, -0.25) is 9.59 Å². The normalized spacial score (nSPS) is 17.3. The van der Waals surface area contributed by atoms with Gasteiger partial charge in [0.05, 0.1) is 6.54 Å². The summed E-state index contributed by atoms with van der Waals surface area (Å²) in [4.78, 5) is 33.3. The maximum atomic E-state index is 13.7. The largest absolute Gasteiger partial charge is 0.332 e. The highest BCUT2D eigenvalue weighted by Gasteiger charge is 2.47. The molecule has 5 heteroatoms. The predicted octanol–water partition coefficient (Wildman–Crippen LogP) is 6.02. The minimum atomic E-state index is -0.436. The number of rotatable bonds is 8. The number of carbonyl (C=O) groups is 2. The molecule has 0 saturated heterocycles. The van der Waals surface area contributed by atoms with Crippen LogP contribution in [0.25, 0.3) is 0 Å². The van der Waals surface area contributed by atoms with Crippen LogP contribution in [0.3, 0.4) is 0 Å². The molecule has 2 atom stereocenters. The first-order valence-electron chi connectivity index (χ1n) is 12.0. The third kappa shape index (κ3) is 5.95. The lowest BCUT2D eigenvalue weighted by Gasteiger charge is -2.37. The summed E-state index contributed by atoms with van der Waals surface area (Å²) in [5.41, 5.74) is 1.86. The van der Waals surface area contributed by atoms with Gasteiger partial charge in [-0.05, 0) is 63.3 Å². The van der Waals surface area contributed by atoms with Gasteiger partial charge in [0.25, 0.3) is 0 Å². The molecular weight excluding hydrogens is 440 g/mol. The van der Waals surface area contributed by atoms with Gasteiger partial charge in [-0.1, -0.05) is 60.7 Å². The van der Waals surface area contributed by atoms with Crippen molar-refractivity contribution in [1.82, 2.24) is 9.80 Å². The van der Waals surface area contributed by atoms with Crippen molar-refractivity contribution in [1.29, 1.82) is 0 Å². The highest BCUT2D eigenvalue weighted by Crippen LogP contribution is 2.49. The third-order valence-electron chi connectivity index (χ3n) is 6.42. The first-order valence-corrected chi connectivity index (χ1v) is 12.8. The predicted molar refractivity (Wildman–Crippen MR) is 139 cm³/mol. The van der Waals surface area contributed by atoms with E-state index in [1.54, 1.807) is 16.2 Å². The summed E-state index contributed by atoms with van der Waals surface area (Å²) in [5, 5.41) is 0. The maximum absolute atomic E-state index is 13.7. The van der Waals surface area contributed by atoms with Gasteiger partial charge in [0, 0.05) is 27.8 Å². The van der Waals surface area contributed by atoms with E-state index >= 15 is 0 Å². The van der Waals surface area contributed by atoms with Gasteiger partial charge in [-0.2, -0.15) is 0 Å². The molecule has 2 amide bonds. The molecule has 0 aliphatic heterocycles.